The van der Waals surface area contributed by atoms with Gasteiger partial charge < -0.3 is 15.0 Å². The second-order valence-corrected chi connectivity index (χ2v) is 4.10. The van der Waals surface area contributed by atoms with Gasteiger partial charge in [0.15, 0.2) is 5.82 Å². The minimum absolute atomic E-state index is 0.382. The first kappa shape index (κ1) is 13.3. The van der Waals surface area contributed by atoms with E-state index in [2.05, 4.69) is 17.1 Å². The third kappa shape index (κ3) is 4.22. The van der Waals surface area contributed by atoms with Gasteiger partial charge in [-0.15, -0.1) is 0 Å². The highest BCUT2D eigenvalue weighted by Crippen LogP contribution is 2.09. The Morgan fingerprint density at radius 1 is 1.26 bits per heavy atom. The molecule has 0 aliphatic carbocycles. The second-order valence-electron chi connectivity index (χ2n) is 4.10. The van der Waals surface area contributed by atoms with Crippen LogP contribution in [-0.2, 0) is 11.3 Å². The smallest absolute Gasteiger partial charge is 0.250 e. The molecule has 1 aromatic carbocycles. The van der Waals surface area contributed by atoms with Gasteiger partial charge in [-0.1, -0.05) is 24.2 Å². The molecule has 100 valence electrons. The Morgan fingerprint density at radius 2 is 2.05 bits per heavy atom. The second kappa shape index (κ2) is 6.70. The van der Waals surface area contributed by atoms with Crippen molar-refractivity contribution in [2.75, 3.05) is 12.3 Å². The van der Waals surface area contributed by atoms with Gasteiger partial charge >= 0.3 is 0 Å². The van der Waals surface area contributed by atoms with Gasteiger partial charge in [-0.25, -0.2) is 0 Å². The lowest BCUT2D eigenvalue weighted by Crippen LogP contribution is -1.95. The molecule has 2 rings (SSSR count). The summed E-state index contributed by atoms with van der Waals surface area (Å²) in [6.07, 6.45) is 4.63. The van der Waals surface area contributed by atoms with E-state index in [4.69, 9.17) is 15.0 Å². The zero-order valence-electron chi connectivity index (χ0n) is 10.9. The molecule has 0 atom stereocenters. The normalized spacial score (nSPS) is 11.2. The van der Waals surface area contributed by atoms with Gasteiger partial charge in [-0.3, -0.25) is 0 Å². The topological polar surface area (TPSA) is 74.2 Å². The monoisotopic (exact) mass is 259 g/mol. The largest absolute Gasteiger partial charge is 0.399 e. The average molecular weight is 259 g/mol. The molecule has 0 amide bonds. The van der Waals surface area contributed by atoms with E-state index in [1.165, 1.54) is 0 Å². The molecule has 5 heteroatoms. The van der Waals surface area contributed by atoms with Crippen molar-refractivity contribution >= 4 is 17.8 Å². The molecule has 1 heterocycles. The van der Waals surface area contributed by atoms with Crippen LogP contribution >= 0.6 is 0 Å². The number of hydrogen-bond donors (Lipinski definition) is 1. The van der Waals surface area contributed by atoms with Crippen LogP contribution in [0.4, 0.5) is 5.69 Å². The summed E-state index contributed by atoms with van der Waals surface area (Å²) >= 11 is 0. The zero-order chi connectivity index (χ0) is 13.5. The van der Waals surface area contributed by atoms with E-state index in [9.17, 15) is 0 Å². The summed E-state index contributed by atoms with van der Waals surface area (Å²) < 4.78 is 10.4. The molecule has 2 N–H and O–H groups in total. The third-order valence-electron chi connectivity index (χ3n) is 2.42. The molecule has 2 aromatic rings. The maximum atomic E-state index is 5.62. The van der Waals surface area contributed by atoms with Gasteiger partial charge in [0.25, 0.3) is 5.89 Å². The average Bonchev–Trinajstić information content (AvgIpc) is 2.86. The van der Waals surface area contributed by atoms with Gasteiger partial charge in [0, 0.05) is 18.4 Å². The van der Waals surface area contributed by atoms with Crippen molar-refractivity contribution < 1.29 is 9.26 Å². The number of ether oxygens (including phenoxy) is 1. The Hall–Kier alpha value is -2.14. The van der Waals surface area contributed by atoms with Crippen LogP contribution in [0.25, 0.3) is 12.2 Å². The number of hydrogen-bond acceptors (Lipinski definition) is 5. The third-order valence-corrected chi connectivity index (χ3v) is 2.42. The molecule has 0 saturated heterocycles. The van der Waals surface area contributed by atoms with Crippen molar-refractivity contribution in [1.29, 1.82) is 0 Å². The Morgan fingerprint density at radius 3 is 2.79 bits per heavy atom. The van der Waals surface area contributed by atoms with Gasteiger partial charge in [0.1, 0.15) is 6.61 Å². The molecule has 0 bridgehead atoms. The predicted molar refractivity (Wildman–Crippen MR) is 74.0 cm³/mol. The van der Waals surface area contributed by atoms with E-state index in [1.54, 1.807) is 6.08 Å². The first-order valence-corrected chi connectivity index (χ1v) is 6.22. The van der Waals surface area contributed by atoms with Crippen molar-refractivity contribution in [2.24, 2.45) is 0 Å². The number of rotatable bonds is 6. The van der Waals surface area contributed by atoms with Gasteiger partial charge in [-0.2, -0.15) is 4.98 Å². The lowest BCUT2D eigenvalue weighted by atomic mass is 10.2. The summed E-state index contributed by atoms with van der Waals surface area (Å²) in [5, 5.41) is 3.83. The van der Waals surface area contributed by atoms with E-state index < -0.39 is 0 Å². The Kier molecular flexibility index (Phi) is 4.69. The molecule has 5 nitrogen and oxygen atoms in total. The summed E-state index contributed by atoms with van der Waals surface area (Å²) in [7, 11) is 0. The molecule has 0 saturated carbocycles. The van der Waals surface area contributed by atoms with Crippen molar-refractivity contribution in [3.8, 4) is 0 Å². The minimum atomic E-state index is 0.382. The van der Waals surface area contributed by atoms with Gasteiger partial charge in [0.05, 0.1) is 0 Å². The molecule has 0 aliphatic rings. The van der Waals surface area contributed by atoms with Crippen molar-refractivity contribution in [1.82, 2.24) is 10.1 Å². The highest BCUT2D eigenvalue weighted by Gasteiger charge is 2.02. The van der Waals surface area contributed by atoms with Crippen LogP contribution in [0.1, 0.15) is 30.6 Å². The summed E-state index contributed by atoms with van der Waals surface area (Å²) in [6.45, 7) is 3.13. The molecule has 1 aromatic heterocycles. The van der Waals surface area contributed by atoms with Crippen LogP contribution in [-0.4, -0.2) is 16.7 Å². The number of benzene rings is 1. The highest BCUT2D eigenvalue weighted by atomic mass is 16.5. The minimum Gasteiger partial charge on any atom is -0.399 e. The fourth-order valence-corrected chi connectivity index (χ4v) is 1.48. The van der Waals surface area contributed by atoms with Gasteiger partial charge in [0.2, 0.25) is 0 Å². The van der Waals surface area contributed by atoms with Crippen LogP contribution in [0.15, 0.2) is 28.8 Å². The molecular formula is C14H17N3O2. The van der Waals surface area contributed by atoms with Crippen molar-refractivity contribution in [2.45, 2.75) is 20.0 Å². The first-order chi connectivity index (χ1) is 9.28. The van der Waals surface area contributed by atoms with E-state index in [1.807, 2.05) is 30.3 Å². The maximum absolute atomic E-state index is 5.62. The van der Waals surface area contributed by atoms with Crippen LogP contribution in [0.3, 0.4) is 0 Å². The Balaban J connectivity index is 1.93. The van der Waals surface area contributed by atoms with E-state index in [0.29, 0.717) is 24.9 Å². The molecule has 19 heavy (non-hydrogen) atoms. The fraction of sp³-hybridized carbons (Fsp3) is 0.286. The summed E-state index contributed by atoms with van der Waals surface area (Å²) in [5.74, 6) is 1.03. The predicted octanol–water partition coefficient (Wildman–Crippen LogP) is 2.75. The molecule has 0 fully saturated rings. The van der Waals surface area contributed by atoms with E-state index in [0.717, 1.165) is 17.7 Å². The molecule has 0 unspecified atom stereocenters. The Labute approximate surface area is 112 Å². The van der Waals surface area contributed by atoms with E-state index in [-0.39, 0.29) is 0 Å². The summed E-state index contributed by atoms with van der Waals surface area (Å²) in [6, 6.07) is 7.54. The van der Waals surface area contributed by atoms with E-state index >= 15 is 0 Å². The highest BCUT2D eigenvalue weighted by molar-refractivity contribution is 5.66. The number of nitrogen functional groups attached to an aromatic ring is 1. The van der Waals surface area contributed by atoms with Crippen LogP contribution in [0, 0.1) is 0 Å². The van der Waals surface area contributed by atoms with Crippen LogP contribution in [0.5, 0.6) is 0 Å². The maximum Gasteiger partial charge on any atom is 0.250 e. The van der Waals surface area contributed by atoms with Crippen molar-refractivity contribution in [3.05, 3.63) is 41.5 Å². The van der Waals surface area contributed by atoms with Gasteiger partial charge in [-0.05, 0) is 30.2 Å². The molecule has 0 radical (unpaired) electrons. The fourth-order valence-electron chi connectivity index (χ4n) is 1.48. The van der Waals surface area contributed by atoms with Crippen LogP contribution in [0.2, 0.25) is 0 Å². The standard InChI is InChI=1S/C14H17N3O2/c1-2-9-18-10-13-16-14(19-17-13)8-5-11-3-6-12(15)7-4-11/h3-8H,2,9-10,15H2,1H3/b8-5+. The van der Waals surface area contributed by atoms with Crippen molar-refractivity contribution in [3.63, 3.8) is 0 Å². The SMILES string of the molecule is CCCOCc1noc(/C=C/c2ccc(N)cc2)n1. The molecular weight excluding hydrogens is 242 g/mol. The summed E-state index contributed by atoms with van der Waals surface area (Å²) in [5.41, 5.74) is 7.38. The zero-order valence-corrected chi connectivity index (χ0v) is 10.9. The Bertz CT molecular complexity index is 532. The summed E-state index contributed by atoms with van der Waals surface area (Å²) in [4.78, 5) is 4.20. The number of anilines is 1. The van der Waals surface area contributed by atoms with Crippen LogP contribution < -0.4 is 5.73 Å². The molecule has 0 spiro atoms. The number of nitrogens with two attached hydrogens (primary N) is 1. The lowest BCUT2D eigenvalue weighted by Gasteiger charge is -1.95. The number of aromatic nitrogens is 2. The lowest BCUT2D eigenvalue weighted by molar-refractivity contribution is 0.114. The number of nitrogens with zero attached hydrogens (tertiary/aromatic N) is 2. The quantitative estimate of drug-likeness (QED) is 0.637. The first-order valence-electron chi connectivity index (χ1n) is 6.22. The molecule has 0 aliphatic heterocycles.